The summed E-state index contributed by atoms with van der Waals surface area (Å²) in [5.41, 5.74) is 2.45. The van der Waals surface area contributed by atoms with E-state index in [9.17, 15) is 9.59 Å². The number of benzene rings is 3. The minimum atomic E-state index is -0.296. The molecule has 0 bridgehead atoms. The fourth-order valence-corrected chi connectivity index (χ4v) is 3.36. The van der Waals surface area contributed by atoms with Crippen LogP contribution in [0, 0.1) is 0 Å². The number of para-hydroxylation sites is 1. The summed E-state index contributed by atoms with van der Waals surface area (Å²) in [5.74, 6) is 0.422. The zero-order valence-electron chi connectivity index (χ0n) is 20.0. The number of methoxy groups -OCH3 is 1. The molecule has 0 radical (unpaired) electrons. The number of nitrogens with one attached hydrogen (secondary N) is 2. The van der Waals surface area contributed by atoms with Gasteiger partial charge in [-0.1, -0.05) is 66.7 Å². The SMILES string of the molecule is COC(=O)CNCCCCNC(=O)c1cccc(OCc2ccccc2)c1OCc1ccccc1. The Balaban J connectivity index is 1.62. The molecule has 1 amide bonds. The van der Waals surface area contributed by atoms with Crippen LogP contribution in [0.4, 0.5) is 0 Å². The van der Waals surface area contributed by atoms with Gasteiger partial charge in [-0.25, -0.2) is 0 Å². The number of hydrogen-bond donors (Lipinski definition) is 2. The van der Waals surface area contributed by atoms with Crippen LogP contribution in [0.25, 0.3) is 0 Å². The molecule has 0 heterocycles. The lowest BCUT2D eigenvalue weighted by molar-refractivity contribution is -0.139. The van der Waals surface area contributed by atoms with Crippen molar-refractivity contribution in [2.24, 2.45) is 0 Å². The molecule has 0 unspecified atom stereocenters. The third-order valence-corrected chi connectivity index (χ3v) is 5.25. The van der Waals surface area contributed by atoms with Crippen LogP contribution in [0.5, 0.6) is 11.5 Å². The van der Waals surface area contributed by atoms with Gasteiger partial charge in [0, 0.05) is 6.54 Å². The van der Waals surface area contributed by atoms with Gasteiger partial charge in [0.1, 0.15) is 13.2 Å². The lowest BCUT2D eigenvalue weighted by atomic mass is 10.1. The van der Waals surface area contributed by atoms with Crippen molar-refractivity contribution in [1.82, 2.24) is 10.6 Å². The van der Waals surface area contributed by atoms with Crippen molar-refractivity contribution in [3.8, 4) is 11.5 Å². The van der Waals surface area contributed by atoms with Gasteiger partial charge in [0.05, 0.1) is 19.2 Å². The van der Waals surface area contributed by atoms with Crippen molar-refractivity contribution >= 4 is 11.9 Å². The largest absolute Gasteiger partial charge is 0.485 e. The highest BCUT2D eigenvalue weighted by atomic mass is 16.5. The number of hydrogen-bond acceptors (Lipinski definition) is 6. The van der Waals surface area contributed by atoms with Gasteiger partial charge in [0.15, 0.2) is 11.5 Å². The van der Waals surface area contributed by atoms with Crippen LogP contribution in [-0.2, 0) is 22.7 Å². The van der Waals surface area contributed by atoms with Gasteiger partial charge < -0.3 is 24.8 Å². The molecule has 0 saturated heterocycles. The second-order valence-corrected chi connectivity index (χ2v) is 7.90. The Morgan fingerprint density at radius 2 is 1.37 bits per heavy atom. The van der Waals surface area contributed by atoms with E-state index >= 15 is 0 Å². The Labute approximate surface area is 206 Å². The van der Waals surface area contributed by atoms with Crippen LogP contribution in [0.3, 0.4) is 0 Å². The number of ether oxygens (including phenoxy) is 3. The van der Waals surface area contributed by atoms with Gasteiger partial charge >= 0.3 is 5.97 Å². The molecule has 7 heteroatoms. The average Bonchev–Trinajstić information content (AvgIpc) is 2.91. The zero-order valence-corrected chi connectivity index (χ0v) is 20.0. The molecule has 2 N–H and O–H groups in total. The molecule has 0 aliphatic carbocycles. The molecule has 0 atom stereocenters. The molecule has 184 valence electrons. The van der Waals surface area contributed by atoms with Gasteiger partial charge in [-0.15, -0.1) is 0 Å². The van der Waals surface area contributed by atoms with Gasteiger partial charge in [-0.2, -0.15) is 0 Å². The summed E-state index contributed by atoms with van der Waals surface area (Å²) in [5, 5.41) is 5.96. The second kappa shape index (κ2) is 14.4. The lowest BCUT2D eigenvalue weighted by Crippen LogP contribution is -2.27. The zero-order chi connectivity index (χ0) is 24.7. The molecule has 0 saturated carbocycles. The maximum atomic E-state index is 13.0. The van der Waals surface area contributed by atoms with E-state index < -0.39 is 0 Å². The van der Waals surface area contributed by atoms with Gasteiger partial charge in [-0.05, 0) is 42.6 Å². The van der Waals surface area contributed by atoms with E-state index in [1.54, 1.807) is 12.1 Å². The van der Waals surface area contributed by atoms with E-state index in [2.05, 4.69) is 15.4 Å². The molecule has 0 spiro atoms. The first-order valence-corrected chi connectivity index (χ1v) is 11.7. The number of unbranched alkanes of at least 4 members (excludes halogenated alkanes) is 1. The molecular formula is C28H32N2O5. The highest BCUT2D eigenvalue weighted by Gasteiger charge is 2.18. The highest BCUT2D eigenvalue weighted by molar-refractivity contribution is 5.97. The van der Waals surface area contributed by atoms with Gasteiger partial charge in [0.2, 0.25) is 0 Å². The number of rotatable bonds is 14. The van der Waals surface area contributed by atoms with Crippen molar-refractivity contribution in [3.63, 3.8) is 0 Å². The van der Waals surface area contributed by atoms with Crippen molar-refractivity contribution in [2.75, 3.05) is 26.7 Å². The molecule has 0 fully saturated rings. The maximum absolute atomic E-state index is 13.0. The topological polar surface area (TPSA) is 85.9 Å². The summed E-state index contributed by atoms with van der Waals surface area (Å²) in [6, 6.07) is 25.0. The first kappa shape index (κ1) is 25.8. The second-order valence-electron chi connectivity index (χ2n) is 7.90. The Hall–Kier alpha value is -3.84. The van der Waals surface area contributed by atoms with Crippen molar-refractivity contribution in [1.29, 1.82) is 0 Å². The van der Waals surface area contributed by atoms with Gasteiger partial charge in [0.25, 0.3) is 5.91 Å². The molecule has 35 heavy (non-hydrogen) atoms. The molecule has 0 aliphatic rings. The molecule has 3 aromatic rings. The highest BCUT2D eigenvalue weighted by Crippen LogP contribution is 2.33. The smallest absolute Gasteiger partial charge is 0.319 e. The van der Waals surface area contributed by atoms with Crippen LogP contribution in [-0.4, -0.2) is 38.6 Å². The fourth-order valence-electron chi connectivity index (χ4n) is 3.36. The third-order valence-electron chi connectivity index (χ3n) is 5.25. The Bertz CT molecular complexity index is 1060. The monoisotopic (exact) mass is 476 g/mol. The molecule has 3 aromatic carbocycles. The maximum Gasteiger partial charge on any atom is 0.319 e. The van der Waals surface area contributed by atoms with E-state index in [4.69, 9.17) is 9.47 Å². The summed E-state index contributed by atoms with van der Waals surface area (Å²) < 4.78 is 16.8. The van der Waals surface area contributed by atoms with E-state index in [1.807, 2.05) is 66.7 Å². The lowest BCUT2D eigenvalue weighted by Gasteiger charge is -2.17. The molecular weight excluding hydrogens is 444 g/mol. The first-order chi connectivity index (χ1) is 17.2. The van der Waals surface area contributed by atoms with Gasteiger partial charge in [-0.3, -0.25) is 9.59 Å². The molecule has 3 rings (SSSR count). The van der Waals surface area contributed by atoms with E-state index in [0.29, 0.717) is 43.4 Å². The summed E-state index contributed by atoms with van der Waals surface area (Å²) in [6.07, 6.45) is 1.58. The summed E-state index contributed by atoms with van der Waals surface area (Å²) in [6.45, 7) is 2.04. The number of carbonyl (C=O) groups excluding carboxylic acids is 2. The fraction of sp³-hybridized carbons (Fsp3) is 0.286. The van der Waals surface area contributed by atoms with E-state index in [-0.39, 0.29) is 18.4 Å². The van der Waals surface area contributed by atoms with Crippen LogP contribution < -0.4 is 20.1 Å². The summed E-state index contributed by atoms with van der Waals surface area (Å²) >= 11 is 0. The Morgan fingerprint density at radius 1 is 0.743 bits per heavy atom. The number of esters is 1. The van der Waals surface area contributed by atoms with Crippen LogP contribution >= 0.6 is 0 Å². The number of amides is 1. The van der Waals surface area contributed by atoms with E-state index in [1.165, 1.54) is 7.11 Å². The van der Waals surface area contributed by atoms with E-state index in [0.717, 1.165) is 24.0 Å². The molecule has 7 nitrogen and oxygen atoms in total. The van der Waals surface area contributed by atoms with Crippen LogP contribution in [0.15, 0.2) is 78.9 Å². The minimum Gasteiger partial charge on any atom is -0.485 e. The minimum absolute atomic E-state index is 0.181. The van der Waals surface area contributed by atoms with Crippen molar-refractivity contribution < 1.29 is 23.8 Å². The summed E-state index contributed by atoms with van der Waals surface area (Å²) in [4.78, 5) is 24.1. The quantitative estimate of drug-likeness (QED) is 0.269. The third kappa shape index (κ3) is 8.79. The average molecular weight is 477 g/mol. The number of carbonyl (C=O) groups is 2. The van der Waals surface area contributed by atoms with Crippen LogP contribution in [0.2, 0.25) is 0 Å². The standard InChI is InChI=1S/C28H32N2O5/c1-33-26(31)19-29-17-8-9-18-30-28(32)24-15-10-16-25(34-20-22-11-4-2-5-12-22)27(24)35-21-23-13-6-3-7-14-23/h2-7,10-16,29H,8-9,17-21H2,1H3,(H,30,32). The first-order valence-electron chi connectivity index (χ1n) is 11.7. The predicted molar refractivity (Wildman–Crippen MR) is 134 cm³/mol. The Morgan fingerprint density at radius 3 is 2.03 bits per heavy atom. The van der Waals surface area contributed by atoms with Crippen LogP contribution in [0.1, 0.15) is 34.3 Å². The van der Waals surface area contributed by atoms with Crippen molar-refractivity contribution in [2.45, 2.75) is 26.1 Å². The summed E-state index contributed by atoms with van der Waals surface area (Å²) in [7, 11) is 1.36. The molecule has 0 aromatic heterocycles. The Kier molecular flexibility index (Phi) is 10.6. The normalized spacial score (nSPS) is 10.4. The molecule has 0 aliphatic heterocycles. The predicted octanol–water partition coefficient (Wildman–Crippen LogP) is 4.12. The van der Waals surface area contributed by atoms with Crippen molar-refractivity contribution in [3.05, 3.63) is 95.6 Å².